The smallest absolute Gasteiger partial charge is 0.0772 e. The molecule has 3 atom stereocenters. The summed E-state index contributed by atoms with van der Waals surface area (Å²) in [6, 6.07) is 12.0. The number of hydrogen-bond acceptors (Lipinski definition) is 2. The topological polar surface area (TPSA) is 35.2 Å². The van der Waals surface area contributed by atoms with Crippen molar-refractivity contribution in [3.05, 3.63) is 47.0 Å². The zero-order valence-corrected chi connectivity index (χ0v) is 11.7. The lowest BCUT2D eigenvalue weighted by atomic mass is 9.94. The van der Waals surface area contributed by atoms with Gasteiger partial charge in [-0.1, -0.05) is 41.9 Å². The van der Waals surface area contributed by atoms with Crippen LogP contribution in [0.15, 0.2) is 36.4 Å². The highest BCUT2D eigenvalue weighted by Crippen LogP contribution is 2.34. The number of fused-ring (bicyclic) bond motifs is 1. The second kappa shape index (κ2) is 5.12. The molecule has 1 heterocycles. The fourth-order valence-electron chi connectivity index (χ4n) is 2.87. The van der Waals surface area contributed by atoms with Crippen molar-refractivity contribution in [2.75, 3.05) is 0 Å². The summed E-state index contributed by atoms with van der Waals surface area (Å²) in [5.41, 5.74) is 7.53. The molecule has 3 unspecified atom stereocenters. The average molecular weight is 276 g/mol. The normalized spacial score (nSPS) is 24.8. The van der Waals surface area contributed by atoms with Crippen LogP contribution in [0.3, 0.4) is 0 Å². The highest BCUT2D eigenvalue weighted by atomic mass is 35.5. The number of hydrogen-bond donors (Lipinski definition) is 1. The van der Waals surface area contributed by atoms with Crippen molar-refractivity contribution in [2.24, 2.45) is 5.73 Å². The zero-order chi connectivity index (χ0) is 13.4. The average Bonchev–Trinajstić information content (AvgIpc) is 2.86. The predicted molar refractivity (Wildman–Crippen MR) is 79.5 cm³/mol. The number of ether oxygens (including phenoxy) is 1. The summed E-state index contributed by atoms with van der Waals surface area (Å²) in [6.45, 7) is 2.10. The Bertz CT molecular complexity index is 598. The minimum Gasteiger partial charge on any atom is -0.373 e. The Morgan fingerprint density at radius 2 is 1.89 bits per heavy atom. The molecular formula is C16H18ClNO. The molecule has 100 valence electrons. The predicted octanol–water partition coefficient (Wildman–Crippen LogP) is 4.06. The molecule has 2 aromatic carbocycles. The van der Waals surface area contributed by atoms with E-state index in [1.807, 2.05) is 30.3 Å². The van der Waals surface area contributed by atoms with E-state index in [2.05, 4.69) is 13.0 Å². The standard InChI is InChI=1S/C16H18ClNO/c1-10-6-9-15(19-10)16(18)13-7-8-14(17)12-5-3-2-4-11(12)13/h2-5,7-8,10,15-16H,6,9,18H2,1H3. The second-order valence-electron chi connectivity index (χ2n) is 5.27. The fraction of sp³-hybridized carbons (Fsp3) is 0.375. The lowest BCUT2D eigenvalue weighted by molar-refractivity contribution is 0.0404. The molecule has 3 heteroatoms. The van der Waals surface area contributed by atoms with Crippen LogP contribution in [0.25, 0.3) is 10.8 Å². The summed E-state index contributed by atoms with van der Waals surface area (Å²) >= 11 is 6.24. The molecule has 0 aliphatic carbocycles. The van der Waals surface area contributed by atoms with Crippen LogP contribution in [-0.4, -0.2) is 12.2 Å². The third-order valence-corrected chi connectivity index (χ3v) is 4.26. The Balaban J connectivity index is 2.03. The van der Waals surface area contributed by atoms with Crippen LogP contribution in [0.2, 0.25) is 5.02 Å². The summed E-state index contributed by atoms with van der Waals surface area (Å²) in [7, 11) is 0. The van der Waals surface area contributed by atoms with Gasteiger partial charge < -0.3 is 10.5 Å². The Labute approximate surface area is 118 Å². The highest BCUT2D eigenvalue weighted by Gasteiger charge is 2.29. The highest BCUT2D eigenvalue weighted by molar-refractivity contribution is 6.35. The van der Waals surface area contributed by atoms with Gasteiger partial charge in [0.2, 0.25) is 0 Å². The molecule has 0 aromatic heterocycles. The molecule has 2 nitrogen and oxygen atoms in total. The van der Waals surface area contributed by atoms with Crippen molar-refractivity contribution < 1.29 is 4.74 Å². The van der Waals surface area contributed by atoms with Crippen LogP contribution in [-0.2, 0) is 4.74 Å². The maximum Gasteiger partial charge on any atom is 0.0772 e. The van der Waals surface area contributed by atoms with Crippen molar-refractivity contribution in [1.29, 1.82) is 0 Å². The molecule has 0 saturated carbocycles. The lowest BCUT2D eigenvalue weighted by Gasteiger charge is -2.21. The van der Waals surface area contributed by atoms with Gasteiger partial charge in [0.25, 0.3) is 0 Å². The van der Waals surface area contributed by atoms with E-state index in [4.69, 9.17) is 22.1 Å². The molecule has 1 aliphatic heterocycles. The zero-order valence-electron chi connectivity index (χ0n) is 11.0. The molecule has 3 rings (SSSR count). The first kappa shape index (κ1) is 12.9. The van der Waals surface area contributed by atoms with E-state index < -0.39 is 0 Å². The molecule has 2 N–H and O–H groups in total. The molecular weight excluding hydrogens is 258 g/mol. The van der Waals surface area contributed by atoms with Crippen LogP contribution in [0, 0.1) is 0 Å². The van der Waals surface area contributed by atoms with Gasteiger partial charge in [0.15, 0.2) is 0 Å². The summed E-state index contributed by atoms with van der Waals surface area (Å²) in [6.07, 6.45) is 2.54. The van der Waals surface area contributed by atoms with E-state index in [1.54, 1.807) is 0 Å². The van der Waals surface area contributed by atoms with E-state index >= 15 is 0 Å². The first-order valence-electron chi connectivity index (χ1n) is 6.75. The van der Waals surface area contributed by atoms with Gasteiger partial charge in [0.1, 0.15) is 0 Å². The first-order chi connectivity index (χ1) is 9.16. The summed E-state index contributed by atoms with van der Waals surface area (Å²) < 4.78 is 5.90. The first-order valence-corrected chi connectivity index (χ1v) is 7.13. The van der Waals surface area contributed by atoms with Crippen molar-refractivity contribution in [2.45, 2.75) is 38.0 Å². The van der Waals surface area contributed by atoms with Crippen LogP contribution in [0.5, 0.6) is 0 Å². The molecule has 2 aromatic rings. The van der Waals surface area contributed by atoms with Gasteiger partial charge in [0, 0.05) is 10.4 Å². The minimum absolute atomic E-state index is 0.0906. The third kappa shape index (κ3) is 2.36. The van der Waals surface area contributed by atoms with Gasteiger partial charge in [0.05, 0.1) is 18.2 Å². The van der Waals surface area contributed by atoms with Crippen molar-refractivity contribution in [3.8, 4) is 0 Å². The molecule has 0 amide bonds. The summed E-state index contributed by atoms with van der Waals surface area (Å²) in [5, 5.41) is 2.96. The van der Waals surface area contributed by atoms with Gasteiger partial charge in [-0.05, 0) is 36.8 Å². The largest absolute Gasteiger partial charge is 0.373 e. The second-order valence-corrected chi connectivity index (χ2v) is 5.68. The number of nitrogens with two attached hydrogens (primary N) is 1. The van der Waals surface area contributed by atoms with E-state index in [-0.39, 0.29) is 12.1 Å². The van der Waals surface area contributed by atoms with Crippen molar-refractivity contribution in [1.82, 2.24) is 0 Å². The van der Waals surface area contributed by atoms with E-state index in [9.17, 15) is 0 Å². The molecule has 0 bridgehead atoms. The SMILES string of the molecule is CC1CCC(C(N)c2ccc(Cl)c3ccccc23)O1. The van der Waals surface area contributed by atoms with E-state index in [0.29, 0.717) is 6.10 Å². The van der Waals surface area contributed by atoms with Crippen LogP contribution < -0.4 is 5.73 Å². The number of benzene rings is 2. The summed E-state index contributed by atoms with van der Waals surface area (Å²) in [4.78, 5) is 0. The molecule has 1 fully saturated rings. The van der Waals surface area contributed by atoms with E-state index in [0.717, 1.165) is 34.2 Å². The number of rotatable bonds is 2. The van der Waals surface area contributed by atoms with Crippen LogP contribution >= 0.6 is 11.6 Å². The van der Waals surface area contributed by atoms with Crippen LogP contribution in [0.1, 0.15) is 31.4 Å². The fourth-order valence-corrected chi connectivity index (χ4v) is 3.10. The van der Waals surface area contributed by atoms with Crippen molar-refractivity contribution >= 4 is 22.4 Å². The van der Waals surface area contributed by atoms with Gasteiger partial charge in [-0.25, -0.2) is 0 Å². The Hall–Kier alpha value is -1.09. The number of halogens is 1. The van der Waals surface area contributed by atoms with Gasteiger partial charge in [-0.15, -0.1) is 0 Å². The van der Waals surface area contributed by atoms with E-state index in [1.165, 1.54) is 0 Å². The molecule has 1 aliphatic rings. The maximum atomic E-state index is 6.41. The van der Waals surface area contributed by atoms with Gasteiger partial charge in [-0.2, -0.15) is 0 Å². The Morgan fingerprint density at radius 1 is 1.16 bits per heavy atom. The van der Waals surface area contributed by atoms with Crippen molar-refractivity contribution in [3.63, 3.8) is 0 Å². The van der Waals surface area contributed by atoms with Crippen LogP contribution in [0.4, 0.5) is 0 Å². The minimum atomic E-state index is -0.0906. The lowest BCUT2D eigenvalue weighted by Crippen LogP contribution is -2.26. The molecule has 1 saturated heterocycles. The molecule has 0 radical (unpaired) electrons. The quantitative estimate of drug-likeness (QED) is 0.897. The molecule has 19 heavy (non-hydrogen) atoms. The maximum absolute atomic E-state index is 6.41. The van der Waals surface area contributed by atoms with Gasteiger partial charge in [-0.3, -0.25) is 0 Å². The monoisotopic (exact) mass is 275 g/mol. The Kier molecular flexibility index (Phi) is 3.48. The third-order valence-electron chi connectivity index (χ3n) is 3.93. The Morgan fingerprint density at radius 3 is 2.58 bits per heavy atom. The summed E-state index contributed by atoms with van der Waals surface area (Å²) in [5.74, 6) is 0. The molecule has 0 spiro atoms. The van der Waals surface area contributed by atoms with Gasteiger partial charge >= 0.3 is 0 Å².